The van der Waals surface area contributed by atoms with Gasteiger partial charge in [-0.15, -0.1) is 0 Å². The molecule has 0 bridgehead atoms. The largest absolute Gasteiger partial charge is 0.310 e. The molecule has 0 aliphatic rings. The van der Waals surface area contributed by atoms with Gasteiger partial charge in [0, 0.05) is 28.9 Å². The minimum atomic E-state index is 0.471. The Labute approximate surface area is 132 Å². The lowest BCUT2D eigenvalue weighted by molar-refractivity contribution is 0.584. The first-order valence-electron chi connectivity index (χ1n) is 7.65. The summed E-state index contributed by atoms with van der Waals surface area (Å²) in [7, 11) is 0. The van der Waals surface area contributed by atoms with Crippen molar-refractivity contribution in [3.63, 3.8) is 0 Å². The zero-order chi connectivity index (χ0) is 15.4. The van der Waals surface area contributed by atoms with Gasteiger partial charge in [0.25, 0.3) is 0 Å². The number of halogens is 1. The van der Waals surface area contributed by atoms with Crippen molar-refractivity contribution in [2.75, 3.05) is 0 Å². The van der Waals surface area contributed by atoms with Crippen molar-refractivity contribution in [1.82, 2.24) is 15.1 Å². The molecular weight excluding hydrogens is 282 g/mol. The van der Waals surface area contributed by atoms with Gasteiger partial charge in [0.1, 0.15) is 0 Å². The van der Waals surface area contributed by atoms with Crippen LogP contribution in [0.5, 0.6) is 0 Å². The quantitative estimate of drug-likeness (QED) is 0.869. The third-order valence-electron chi connectivity index (χ3n) is 3.60. The van der Waals surface area contributed by atoms with E-state index in [1.54, 1.807) is 0 Å². The highest BCUT2D eigenvalue weighted by atomic mass is 35.5. The van der Waals surface area contributed by atoms with E-state index in [1.165, 1.54) is 17.0 Å². The molecule has 2 aromatic rings. The van der Waals surface area contributed by atoms with Crippen molar-refractivity contribution in [1.29, 1.82) is 0 Å². The summed E-state index contributed by atoms with van der Waals surface area (Å²) in [5, 5.41) is 9.07. The van der Waals surface area contributed by atoms with E-state index >= 15 is 0 Å². The minimum Gasteiger partial charge on any atom is -0.310 e. The fourth-order valence-electron chi connectivity index (χ4n) is 2.49. The maximum atomic E-state index is 5.98. The second-order valence-corrected chi connectivity index (χ2v) is 5.94. The number of aryl methyl sites for hydroxylation is 1. The highest BCUT2D eigenvalue weighted by Gasteiger charge is 2.16. The molecule has 1 heterocycles. The molecule has 0 fully saturated rings. The van der Waals surface area contributed by atoms with Gasteiger partial charge >= 0.3 is 0 Å². The smallest absolute Gasteiger partial charge is 0.0674 e. The van der Waals surface area contributed by atoms with Crippen LogP contribution in [0, 0.1) is 0 Å². The van der Waals surface area contributed by atoms with Gasteiger partial charge in [0.2, 0.25) is 0 Å². The highest BCUT2D eigenvalue weighted by Crippen LogP contribution is 2.21. The number of benzene rings is 1. The van der Waals surface area contributed by atoms with Gasteiger partial charge in [0.15, 0.2) is 0 Å². The Kier molecular flexibility index (Phi) is 5.43. The monoisotopic (exact) mass is 305 g/mol. The standard InChI is InChI=1S/C17H24ClN3/c1-5-16-15(11-19-12(3)4)17(6-2)21(20-16)14-9-7-13(18)8-10-14/h7-10,12,19H,5-6,11H2,1-4H3. The Morgan fingerprint density at radius 1 is 1.14 bits per heavy atom. The summed E-state index contributed by atoms with van der Waals surface area (Å²) in [5.41, 5.74) is 4.86. The van der Waals surface area contributed by atoms with Crippen LogP contribution in [-0.4, -0.2) is 15.8 Å². The second-order valence-electron chi connectivity index (χ2n) is 5.50. The molecule has 0 radical (unpaired) electrons. The predicted molar refractivity (Wildman–Crippen MR) is 89.3 cm³/mol. The molecule has 1 aromatic heterocycles. The molecule has 0 aliphatic heterocycles. The lowest BCUT2D eigenvalue weighted by atomic mass is 10.1. The van der Waals surface area contributed by atoms with Gasteiger partial charge in [-0.3, -0.25) is 0 Å². The third kappa shape index (κ3) is 3.66. The van der Waals surface area contributed by atoms with E-state index in [0.29, 0.717) is 6.04 Å². The number of rotatable bonds is 6. The summed E-state index contributed by atoms with van der Waals surface area (Å²) in [6.07, 6.45) is 1.91. The van der Waals surface area contributed by atoms with E-state index < -0.39 is 0 Å². The summed E-state index contributed by atoms with van der Waals surface area (Å²) in [6.45, 7) is 9.55. The molecule has 0 saturated carbocycles. The molecule has 4 heteroatoms. The van der Waals surface area contributed by atoms with Gasteiger partial charge in [-0.25, -0.2) is 4.68 Å². The second kappa shape index (κ2) is 7.10. The first-order chi connectivity index (χ1) is 10.1. The van der Waals surface area contributed by atoms with Crippen LogP contribution >= 0.6 is 11.6 Å². The topological polar surface area (TPSA) is 29.9 Å². The normalized spacial score (nSPS) is 11.3. The molecular formula is C17H24ClN3. The Balaban J connectivity index is 2.44. The lowest BCUT2D eigenvalue weighted by Gasteiger charge is -2.11. The van der Waals surface area contributed by atoms with Gasteiger partial charge in [-0.2, -0.15) is 5.10 Å². The first kappa shape index (κ1) is 16.1. The molecule has 0 saturated heterocycles. The molecule has 1 aromatic carbocycles. The molecule has 114 valence electrons. The Hall–Kier alpha value is -1.32. The lowest BCUT2D eigenvalue weighted by Crippen LogP contribution is -2.23. The maximum Gasteiger partial charge on any atom is 0.0674 e. The molecule has 0 amide bonds. The number of hydrogen-bond donors (Lipinski definition) is 1. The van der Waals surface area contributed by atoms with E-state index in [2.05, 4.69) is 37.7 Å². The van der Waals surface area contributed by atoms with Crippen molar-refractivity contribution in [2.24, 2.45) is 0 Å². The first-order valence-corrected chi connectivity index (χ1v) is 8.03. The van der Waals surface area contributed by atoms with Crippen molar-refractivity contribution in [3.8, 4) is 5.69 Å². The average Bonchev–Trinajstić information content (AvgIpc) is 2.83. The highest BCUT2D eigenvalue weighted by molar-refractivity contribution is 6.30. The van der Waals surface area contributed by atoms with Crippen molar-refractivity contribution < 1.29 is 0 Å². The van der Waals surface area contributed by atoms with Crippen molar-refractivity contribution in [2.45, 2.75) is 53.1 Å². The summed E-state index contributed by atoms with van der Waals surface area (Å²) >= 11 is 5.98. The number of nitrogens with one attached hydrogen (secondary N) is 1. The molecule has 0 atom stereocenters. The van der Waals surface area contributed by atoms with Crippen LogP contribution in [0.25, 0.3) is 5.69 Å². The number of nitrogens with zero attached hydrogens (tertiary/aromatic N) is 2. The van der Waals surface area contributed by atoms with E-state index in [0.717, 1.165) is 30.1 Å². The molecule has 0 spiro atoms. The van der Waals surface area contributed by atoms with E-state index in [4.69, 9.17) is 16.7 Å². The Morgan fingerprint density at radius 3 is 2.33 bits per heavy atom. The van der Waals surface area contributed by atoms with Crippen LogP contribution in [-0.2, 0) is 19.4 Å². The van der Waals surface area contributed by atoms with Crippen LogP contribution in [0.3, 0.4) is 0 Å². The maximum absolute atomic E-state index is 5.98. The summed E-state index contributed by atoms with van der Waals surface area (Å²) in [5.74, 6) is 0. The van der Waals surface area contributed by atoms with Gasteiger partial charge in [-0.1, -0.05) is 39.3 Å². The fraction of sp³-hybridized carbons (Fsp3) is 0.471. The zero-order valence-electron chi connectivity index (χ0n) is 13.3. The predicted octanol–water partition coefficient (Wildman–Crippen LogP) is 4.15. The van der Waals surface area contributed by atoms with Crippen LogP contribution < -0.4 is 5.32 Å². The van der Waals surface area contributed by atoms with Gasteiger partial charge in [0.05, 0.1) is 11.4 Å². The van der Waals surface area contributed by atoms with Crippen LogP contribution in [0.1, 0.15) is 44.6 Å². The summed E-state index contributed by atoms with van der Waals surface area (Å²) in [4.78, 5) is 0. The summed E-state index contributed by atoms with van der Waals surface area (Å²) < 4.78 is 2.06. The fourth-order valence-corrected chi connectivity index (χ4v) is 2.62. The van der Waals surface area contributed by atoms with Gasteiger partial charge < -0.3 is 5.32 Å². The van der Waals surface area contributed by atoms with Crippen molar-refractivity contribution in [3.05, 3.63) is 46.2 Å². The third-order valence-corrected chi connectivity index (χ3v) is 3.85. The Morgan fingerprint density at radius 2 is 1.81 bits per heavy atom. The number of aromatic nitrogens is 2. The molecule has 0 aliphatic carbocycles. The molecule has 1 N–H and O–H groups in total. The van der Waals surface area contributed by atoms with E-state index in [-0.39, 0.29) is 0 Å². The molecule has 0 unspecified atom stereocenters. The SMILES string of the molecule is CCc1nn(-c2ccc(Cl)cc2)c(CC)c1CNC(C)C. The van der Waals surface area contributed by atoms with E-state index in [9.17, 15) is 0 Å². The molecule has 21 heavy (non-hydrogen) atoms. The van der Waals surface area contributed by atoms with Crippen molar-refractivity contribution >= 4 is 11.6 Å². The van der Waals surface area contributed by atoms with Crippen LogP contribution in [0.2, 0.25) is 5.02 Å². The summed E-state index contributed by atoms with van der Waals surface area (Å²) in [6, 6.07) is 8.34. The Bertz CT molecular complexity index is 585. The average molecular weight is 306 g/mol. The minimum absolute atomic E-state index is 0.471. The van der Waals surface area contributed by atoms with E-state index in [1.807, 2.05) is 24.3 Å². The molecule has 2 rings (SSSR count). The van der Waals surface area contributed by atoms with Crippen LogP contribution in [0.15, 0.2) is 24.3 Å². The molecule has 3 nitrogen and oxygen atoms in total. The van der Waals surface area contributed by atoms with Crippen LogP contribution in [0.4, 0.5) is 0 Å². The zero-order valence-corrected chi connectivity index (χ0v) is 14.0. The van der Waals surface area contributed by atoms with Gasteiger partial charge in [-0.05, 0) is 37.1 Å². The number of hydrogen-bond acceptors (Lipinski definition) is 2.